The van der Waals surface area contributed by atoms with E-state index in [4.69, 9.17) is 15.9 Å². The highest BCUT2D eigenvalue weighted by Crippen LogP contribution is 2.22. The van der Waals surface area contributed by atoms with Gasteiger partial charge in [0.25, 0.3) is 0 Å². The van der Waals surface area contributed by atoms with E-state index in [0.29, 0.717) is 11.1 Å². The van der Waals surface area contributed by atoms with E-state index < -0.39 is 48.7 Å². The monoisotopic (exact) mass is 475 g/mol. The van der Waals surface area contributed by atoms with Crippen molar-refractivity contribution in [2.24, 2.45) is 0 Å². The number of rotatable bonds is 11. The number of hydrogen-bond acceptors (Lipinski definition) is 7. The van der Waals surface area contributed by atoms with Gasteiger partial charge in [-0.3, -0.25) is 14.4 Å². The molecule has 0 saturated heterocycles. The lowest BCUT2D eigenvalue weighted by molar-refractivity contribution is -0.143. The van der Waals surface area contributed by atoms with Crippen LogP contribution in [0.5, 0.6) is 0 Å². The number of amides is 3. The highest BCUT2D eigenvalue weighted by molar-refractivity contribution is 5.90. The van der Waals surface area contributed by atoms with Gasteiger partial charge in [0.05, 0.1) is 19.6 Å². The Morgan fingerprint density at radius 2 is 1.79 bits per heavy atom. The Morgan fingerprint density at radius 1 is 1.15 bits per heavy atom. The first kappa shape index (κ1) is 28.5. The predicted molar refractivity (Wildman–Crippen MR) is 124 cm³/mol. The Bertz CT molecular complexity index is 885. The molecule has 0 saturated carbocycles. The van der Waals surface area contributed by atoms with Crippen molar-refractivity contribution in [3.63, 3.8) is 0 Å². The first-order valence-electron chi connectivity index (χ1n) is 10.9. The van der Waals surface area contributed by atoms with Crippen LogP contribution in [0.25, 0.3) is 0 Å². The smallest absolute Gasteiger partial charge is 0.408 e. The summed E-state index contributed by atoms with van der Waals surface area (Å²) in [5.41, 5.74) is 0.265. The van der Waals surface area contributed by atoms with Gasteiger partial charge in [-0.25, -0.2) is 4.79 Å². The summed E-state index contributed by atoms with van der Waals surface area (Å²) in [4.78, 5) is 50.7. The number of aliphatic hydroxyl groups excluding tert-OH is 1. The molecule has 0 fully saturated rings. The molecule has 1 rings (SSSR count). The standard InChI is InChI=1S/C24H33N3O7/c1-6-17-8-10-18(11-9-17)21(22(31)25-13-12-20(30)33-7-2)27(14-15-28)19(29)16-26-23(32)34-24(3,4)5/h1,8-11,21,28H,7,12-16H2,2-5H3,(H,25,31)(H,26,32). The first-order chi connectivity index (χ1) is 16.0. The molecule has 3 amide bonds. The highest BCUT2D eigenvalue weighted by Gasteiger charge is 2.31. The minimum Gasteiger partial charge on any atom is -0.466 e. The van der Waals surface area contributed by atoms with E-state index in [1.165, 1.54) is 0 Å². The molecule has 0 radical (unpaired) electrons. The molecule has 0 aliphatic rings. The van der Waals surface area contributed by atoms with Gasteiger partial charge in [-0.15, -0.1) is 6.42 Å². The summed E-state index contributed by atoms with van der Waals surface area (Å²) in [6.45, 7) is 5.89. The number of carbonyl (C=O) groups is 4. The second-order valence-corrected chi connectivity index (χ2v) is 8.18. The van der Waals surface area contributed by atoms with E-state index in [2.05, 4.69) is 16.6 Å². The molecule has 0 aromatic heterocycles. The second kappa shape index (κ2) is 13.9. The van der Waals surface area contributed by atoms with Crippen molar-refractivity contribution in [3.05, 3.63) is 35.4 Å². The summed E-state index contributed by atoms with van der Waals surface area (Å²) in [6.07, 6.45) is 4.56. The van der Waals surface area contributed by atoms with Gasteiger partial charge in [0, 0.05) is 18.7 Å². The fourth-order valence-corrected chi connectivity index (χ4v) is 2.92. The molecule has 1 atom stereocenters. The Morgan fingerprint density at radius 3 is 2.32 bits per heavy atom. The molecule has 10 heteroatoms. The van der Waals surface area contributed by atoms with Crippen LogP contribution >= 0.6 is 0 Å². The van der Waals surface area contributed by atoms with Crippen LogP contribution in [0, 0.1) is 12.3 Å². The summed E-state index contributed by atoms with van der Waals surface area (Å²) in [5, 5.41) is 14.5. The maximum absolute atomic E-state index is 13.1. The van der Waals surface area contributed by atoms with Gasteiger partial charge in [-0.1, -0.05) is 18.1 Å². The van der Waals surface area contributed by atoms with Crippen molar-refractivity contribution in [3.8, 4) is 12.3 Å². The Labute approximate surface area is 200 Å². The quantitative estimate of drug-likeness (QED) is 0.323. The summed E-state index contributed by atoms with van der Waals surface area (Å²) in [6, 6.07) is 5.30. The number of carbonyl (C=O) groups excluding carboxylic acids is 4. The molecule has 0 aliphatic carbocycles. The summed E-state index contributed by atoms with van der Waals surface area (Å²) >= 11 is 0. The van der Waals surface area contributed by atoms with E-state index >= 15 is 0 Å². The SMILES string of the molecule is C#Cc1ccc(C(C(=O)NCCC(=O)OCC)N(CCO)C(=O)CNC(=O)OC(C)(C)C)cc1. The van der Waals surface area contributed by atoms with Crippen LogP contribution in [-0.2, 0) is 23.9 Å². The molecule has 1 aromatic carbocycles. The Hall–Kier alpha value is -3.58. The molecular weight excluding hydrogens is 442 g/mol. The molecule has 0 aliphatic heterocycles. The zero-order valence-electron chi connectivity index (χ0n) is 20.1. The van der Waals surface area contributed by atoms with Gasteiger partial charge in [0.2, 0.25) is 11.8 Å². The predicted octanol–water partition coefficient (Wildman–Crippen LogP) is 1.12. The molecule has 1 aromatic rings. The third-order valence-electron chi connectivity index (χ3n) is 4.33. The molecule has 186 valence electrons. The third-order valence-corrected chi connectivity index (χ3v) is 4.33. The topological polar surface area (TPSA) is 134 Å². The summed E-state index contributed by atoms with van der Waals surface area (Å²) < 4.78 is 9.98. The van der Waals surface area contributed by atoms with Crippen molar-refractivity contribution in [1.29, 1.82) is 0 Å². The molecule has 0 spiro atoms. The lowest BCUT2D eigenvalue weighted by Gasteiger charge is -2.31. The third kappa shape index (κ3) is 9.92. The molecule has 34 heavy (non-hydrogen) atoms. The van der Waals surface area contributed by atoms with E-state index in [-0.39, 0.29) is 26.1 Å². The van der Waals surface area contributed by atoms with Gasteiger partial charge < -0.3 is 30.1 Å². The Balaban J connectivity index is 3.09. The van der Waals surface area contributed by atoms with Crippen LogP contribution in [-0.4, -0.2) is 72.3 Å². The fraction of sp³-hybridized carbons (Fsp3) is 0.500. The molecule has 3 N–H and O–H groups in total. The Kier molecular flexibility index (Phi) is 11.6. The number of ether oxygens (including phenoxy) is 2. The number of aliphatic hydroxyl groups is 1. The van der Waals surface area contributed by atoms with Gasteiger partial charge in [0.15, 0.2) is 0 Å². The van der Waals surface area contributed by atoms with Crippen molar-refractivity contribution < 1.29 is 33.8 Å². The molecule has 1 unspecified atom stereocenters. The second-order valence-electron chi connectivity index (χ2n) is 8.18. The van der Waals surface area contributed by atoms with Crippen LogP contribution in [0.2, 0.25) is 0 Å². The number of nitrogens with zero attached hydrogens (tertiary/aromatic N) is 1. The van der Waals surface area contributed by atoms with E-state index in [0.717, 1.165) is 4.90 Å². The molecule has 0 bridgehead atoms. The van der Waals surface area contributed by atoms with Crippen LogP contribution < -0.4 is 10.6 Å². The lowest BCUT2D eigenvalue weighted by Crippen LogP contribution is -2.49. The van der Waals surface area contributed by atoms with Crippen molar-refractivity contribution in [2.75, 3.05) is 32.8 Å². The number of benzene rings is 1. The number of hydrogen-bond donors (Lipinski definition) is 3. The average Bonchev–Trinajstić information content (AvgIpc) is 2.76. The lowest BCUT2D eigenvalue weighted by atomic mass is 10.0. The van der Waals surface area contributed by atoms with E-state index in [9.17, 15) is 24.3 Å². The first-order valence-corrected chi connectivity index (χ1v) is 10.9. The van der Waals surface area contributed by atoms with Gasteiger partial charge >= 0.3 is 12.1 Å². The highest BCUT2D eigenvalue weighted by atomic mass is 16.6. The largest absolute Gasteiger partial charge is 0.466 e. The summed E-state index contributed by atoms with van der Waals surface area (Å²) in [7, 11) is 0. The van der Waals surface area contributed by atoms with E-state index in [1.54, 1.807) is 52.0 Å². The number of nitrogens with one attached hydrogen (secondary N) is 2. The van der Waals surface area contributed by atoms with Crippen LogP contribution in [0.3, 0.4) is 0 Å². The van der Waals surface area contributed by atoms with Gasteiger partial charge in [-0.2, -0.15) is 0 Å². The van der Waals surface area contributed by atoms with Crippen LogP contribution in [0.15, 0.2) is 24.3 Å². The molecule has 10 nitrogen and oxygen atoms in total. The zero-order chi connectivity index (χ0) is 25.7. The van der Waals surface area contributed by atoms with Gasteiger partial charge in [-0.05, 0) is 45.4 Å². The number of terminal acetylenes is 1. The minimum absolute atomic E-state index is 0.00603. The fourth-order valence-electron chi connectivity index (χ4n) is 2.92. The van der Waals surface area contributed by atoms with Crippen molar-refractivity contribution >= 4 is 23.9 Å². The summed E-state index contributed by atoms with van der Waals surface area (Å²) in [5.74, 6) is 0.814. The normalized spacial score (nSPS) is 11.5. The van der Waals surface area contributed by atoms with E-state index in [1.807, 2.05) is 0 Å². The minimum atomic E-state index is -1.14. The van der Waals surface area contributed by atoms with Gasteiger partial charge in [0.1, 0.15) is 18.2 Å². The van der Waals surface area contributed by atoms with Crippen LogP contribution in [0.1, 0.15) is 51.3 Å². The zero-order valence-corrected chi connectivity index (χ0v) is 20.1. The maximum atomic E-state index is 13.1. The molecule has 0 heterocycles. The maximum Gasteiger partial charge on any atom is 0.408 e. The number of alkyl carbamates (subject to hydrolysis) is 1. The van der Waals surface area contributed by atoms with Crippen molar-refractivity contribution in [2.45, 2.75) is 45.8 Å². The average molecular weight is 476 g/mol. The number of esters is 1. The van der Waals surface area contributed by atoms with Crippen LogP contribution in [0.4, 0.5) is 4.79 Å². The molecular formula is C24H33N3O7. The van der Waals surface area contributed by atoms with Crippen molar-refractivity contribution in [1.82, 2.24) is 15.5 Å².